The smallest absolute Gasteiger partial charge is 0.234 e. The Morgan fingerprint density at radius 1 is 1.06 bits per heavy atom. The fraction of sp³-hybridized carbons (Fsp3) is 0.250. The predicted octanol–water partition coefficient (Wildman–Crippen LogP) is 4.45. The van der Waals surface area contributed by atoms with Gasteiger partial charge in [-0.25, -0.2) is 0 Å². The third-order valence-electron chi connectivity index (χ3n) is 4.20. The van der Waals surface area contributed by atoms with Crippen molar-refractivity contribution in [2.24, 2.45) is 7.05 Å². The molecule has 0 saturated carbocycles. The van der Waals surface area contributed by atoms with Crippen molar-refractivity contribution in [3.05, 3.63) is 52.3 Å². The summed E-state index contributed by atoms with van der Waals surface area (Å²) in [4.78, 5) is 12.4. The summed E-state index contributed by atoms with van der Waals surface area (Å²) in [6.45, 7) is 0.196. The number of ether oxygens (including phenoxy) is 3. The largest absolute Gasteiger partial charge is 0.495 e. The Morgan fingerprint density at radius 3 is 2.52 bits per heavy atom. The molecule has 11 heteroatoms. The number of aromatic nitrogens is 3. The van der Waals surface area contributed by atoms with Gasteiger partial charge in [0.25, 0.3) is 0 Å². The van der Waals surface area contributed by atoms with Crippen LogP contribution in [0.3, 0.4) is 0 Å². The van der Waals surface area contributed by atoms with Gasteiger partial charge in [0, 0.05) is 19.2 Å². The van der Waals surface area contributed by atoms with Crippen LogP contribution in [0.15, 0.2) is 41.6 Å². The molecule has 1 aromatic heterocycles. The number of amides is 1. The number of halogens is 2. The molecule has 2 aromatic carbocycles. The van der Waals surface area contributed by atoms with Crippen molar-refractivity contribution in [1.82, 2.24) is 14.8 Å². The molecule has 164 valence electrons. The third-order valence-corrected chi connectivity index (χ3v) is 5.83. The quantitative estimate of drug-likeness (QED) is 0.450. The van der Waals surface area contributed by atoms with Gasteiger partial charge in [0.1, 0.15) is 23.9 Å². The number of para-hydroxylation sites is 1. The molecule has 1 heterocycles. The van der Waals surface area contributed by atoms with Gasteiger partial charge in [0.05, 0.1) is 35.7 Å². The topological polar surface area (TPSA) is 87.5 Å². The Hall–Kier alpha value is -2.62. The lowest BCUT2D eigenvalue weighted by Crippen LogP contribution is -2.15. The average molecular weight is 483 g/mol. The summed E-state index contributed by atoms with van der Waals surface area (Å²) in [6, 6.07) is 10.4. The lowest BCUT2D eigenvalue weighted by atomic mass is 10.2. The van der Waals surface area contributed by atoms with E-state index < -0.39 is 0 Å². The minimum Gasteiger partial charge on any atom is -0.495 e. The molecule has 31 heavy (non-hydrogen) atoms. The van der Waals surface area contributed by atoms with Crippen LogP contribution in [0.5, 0.6) is 17.2 Å². The molecule has 0 radical (unpaired) electrons. The van der Waals surface area contributed by atoms with Crippen LogP contribution in [-0.4, -0.2) is 40.6 Å². The molecule has 0 saturated heterocycles. The van der Waals surface area contributed by atoms with E-state index in [9.17, 15) is 4.79 Å². The van der Waals surface area contributed by atoms with E-state index in [2.05, 4.69) is 15.5 Å². The fourth-order valence-corrected chi connectivity index (χ4v) is 3.73. The van der Waals surface area contributed by atoms with Gasteiger partial charge in [-0.3, -0.25) is 4.79 Å². The summed E-state index contributed by atoms with van der Waals surface area (Å²) < 4.78 is 17.9. The molecular formula is C20H20Cl2N4O4S. The monoisotopic (exact) mass is 482 g/mol. The van der Waals surface area contributed by atoms with Gasteiger partial charge in [-0.15, -0.1) is 10.2 Å². The SMILES string of the molecule is COc1cc(NC(=O)CSc2nnc(COc3ccccc3Cl)n2C)c(OC)cc1Cl. The molecule has 1 N–H and O–H groups in total. The molecule has 0 aliphatic heterocycles. The molecule has 0 fully saturated rings. The zero-order chi connectivity index (χ0) is 22.4. The zero-order valence-electron chi connectivity index (χ0n) is 17.0. The Labute approximate surface area is 193 Å². The first-order valence-corrected chi connectivity index (χ1v) is 10.8. The zero-order valence-corrected chi connectivity index (χ0v) is 19.3. The standard InChI is InChI=1S/C20H20Cl2N4O4S/c1-26-18(10-30-15-7-5-4-6-12(15)21)24-25-20(26)31-11-19(27)23-14-9-16(28-2)13(22)8-17(14)29-3/h4-9H,10-11H2,1-3H3,(H,23,27). The molecule has 0 aliphatic carbocycles. The number of rotatable bonds is 9. The van der Waals surface area contributed by atoms with Crippen molar-refractivity contribution in [3.8, 4) is 17.2 Å². The maximum Gasteiger partial charge on any atom is 0.234 e. The molecule has 1 amide bonds. The van der Waals surface area contributed by atoms with Crippen molar-refractivity contribution >= 4 is 46.6 Å². The summed E-state index contributed by atoms with van der Waals surface area (Å²) in [5.74, 6) is 1.90. The minimum atomic E-state index is -0.246. The van der Waals surface area contributed by atoms with Gasteiger partial charge in [-0.05, 0) is 12.1 Å². The van der Waals surface area contributed by atoms with Crippen molar-refractivity contribution in [2.45, 2.75) is 11.8 Å². The van der Waals surface area contributed by atoms with Gasteiger partial charge in [-0.2, -0.15) is 0 Å². The van der Waals surface area contributed by atoms with E-state index in [1.54, 1.807) is 35.9 Å². The number of carbonyl (C=O) groups excluding carboxylic acids is 1. The predicted molar refractivity (Wildman–Crippen MR) is 121 cm³/mol. The number of nitrogens with zero attached hydrogens (tertiary/aromatic N) is 3. The highest BCUT2D eigenvalue weighted by Crippen LogP contribution is 2.36. The maximum absolute atomic E-state index is 12.4. The molecular weight excluding hydrogens is 463 g/mol. The molecule has 3 aromatic rings. The molecule has 0 bridgehead atoms. The van der Waals surface area contributed by atoms with Crippen LogP contribution in [0, 0.1) is 0 Å². The van der Waals surface area contributed by atoms with Crippen molar-refractivity contribution < 1.29 is 19.0 Å². The van der Waals surface area contributed by atoms with E-state index in [1.807, 2.05) is 12.1 Å². The normalized spacial score (nSPS) is 10.6. The van der Waals surface area contributed by atoms with E-state index in [4.69, 9.17) is 37.4 Å². The Bertz CT molecular complexity index is 1080. The van der Waals surface area contributed by atoms with Crippen LogP contribution in [0.4, 0.5) is 5.69 Å². The number of carbonyl (C=O) groups is 1. The second-order valence-corrected chi connectivity index (χ2v) is 7.96. The number of thioether (sulfide) groups is 1. The highest BCUT2D eigenvalue weighted by molar-refractivity contribution is 7.99. The molecule has 0 spiro atoms. The number of hydrogen-bond acceptors (Lipinski definition) is 7. The van der Waals surface area contributed by atoms with E-state index in [1.165, 1.54) is 26.0 Å². The molecule has 0 aliphatic rings. The van der Waals surface area contributed by atoms with E-state index >= 15 is 0 Å². The molecule has 3 rings (SSSR count). The number of methoxy groups -OCH3 is 2. The summed E-state index contributed by atoms with van der Waals surface area (Å²) in [7, 11) is 4.79. The van der Waals surface area contributed by atoms with Gasteiger partial charge in [0.2, 0.25) is 5.91 Å². The van der Waals surface area contributed by atoms with Crippen LogP contribution in [-0.2, 0) is 18.4 Å². The minimum absolute atomic E-state index is 0.117. The van der Waals surface area contributed by atoms with Crippen LogP contribution in [0.2, 0.25) is 10.0 Å². The highest BCUT2D eigenvalue weighted by atomic mass is 35.5. The van der Waals surface area contributed by atoms with E-state index in [-0.39, 0.29) is 18.3 Å². The van der Waals surface area contributed by atoms with Gasteiger partial charge < -0.3 is 24.1 Å². The Morgan fingerprint density at radius 2 is 1.81 bits per heavy atom. The number of hydrogen-bond donors (Lipinski definition) is 1. The summed E-state index contributed by atoms with van der Waals surface area (Å²) >= 11 is 13.4. The number of nitrogens with one attached hydrogen (secondary N) is 1. The van der Waals surface area contributed by atoms with Crippen molar-refractivity contribution in [1.29, 1.82) is 0 Å². The second-order valence-electron chi connectivity index (χ2n) is 6.20. The van der Waals surface area contributed by atoms with E-state index in [0.29, 0.717) is 44.0 Å². The lowest BCUT2D eigenvalue weighted by molar-refractivity contribution is -0.113. The fourth-order valence-electron chi connectivity index (χ4n) is 2.58. The maximum atomic E-state index is 12.4. The first kappa shape index (κ1) is 23.1. The summed E-state index contributed by atoms with van der Waals surface area (Å²) in [6.07, 6.45) is 0. The van der Waals surface area contributed by atoms with Crippen LogP contribution in [0.25, 0.3) is 0 Å². The average Bonchev–Trinajstić information content (AvgIpc) is 3.12. The van der Waals surface area contributed by atoms with Crippen molar-refractivity contribution in [3.63, 3.8) is 0 Å². The van der Waals surface area contributed by atoms with Gasteiger partial charge in [0.15, 0.2) is 11.0 Å². The number of benzene rings is 2. The number of anilines is 1. The van der Waals surface area contributed by atoms with Crippen LogP contribution in [0.1, 0.15) is 5.82 Å². The molecule has 8 nitrogen and oxygen atoms in total. The van der Waals surface area contributed by atoms with Crippen LogP contribution >= 0.6 is 35.0 Å². The highest BCUT2D eigenvalue weighted by Gasteiger charge is 2.15. The Kier molecular flexibility index (Phi) is 7.89. The van der Waals surface area contributed by atoms with Crippen LogP contribution < -0.4 is 19.5 Å². The Balaban J connectivity index is 1.59. The first-order valence-electron chi connectivity index (χ1n) is 9.02. The second kappa shape index (κ2) is 10.6. The van der Waals surface area contributed by atoms with Crippen molar-refractivity contribution in [2.75, 3.05) is 25.3 Å². The lowest BCUT2D eigenvalue weighted by Gasteiger charge is -2.13. The first-order chi connectivity index (χ1) is 14.9. The van der Waals surface area contributed by atoms with Gasteiger partial charge in [-0.1, -0.05) is 47.1 Å². The molecule has 0 unspecified atom stereocenters. The summed E-state index contributed by atoms with van der Waals surface area (Å²) in [5, 5.41) is 12.5. The third kappa shape index (κ3) is 5.75. The summed E-state index contributed by atoms with van der Waals surface area (Å²) in [5.41, 5.74) is 0.459. The molecule has 0 atom stereocenters. The van der Waals surface area contributed by atoms with E-state index in [0.717, 1.165) is 0 Å². The van der Waals surface area contributed by atoms with Gasteiger partial charge >= 0.3 is 0 Å².